The topological polar surface area (TPSA) is 29.9 Å². The Morgan fingerprint density at radius 3 is 3.18 bits per heavy atom. The van der Waals surface area contributed by atoms with Gasteiger partial charge in [0.25, 0.3) is 0 Å². The summed E-state index contributed by atoms with van der Waals surface area (Å²) in [6.45, 7) is 6.87. The van der Waals surface area contributed by atoms with E-state index in [2.05, 4.69) is 34.9 Å². The summed E-state index contributed by atoms with van der Waals surface area (Å²) in [5.41, 5.74) is 1.43. The molecule has 1 fully saturated rings. The van der Waals surface area contributed by atoms with Gasteiger partial charge < -0.3 is 9.88 Å². The zero-order chi connectivity index (χ0) is 12.1. The SMILES string of the molecule is CCCCC(C)n1cncc1C1CCCNC1. The minimum atomic E-state index is 0.592. The van der Waals surface area contributed by atoms with Gasteiger partial charge >= 0.3 is 0 Å². The third-order valence-electron chi connectivity index (χ3n) is 3.86. The molecule has 2 rings (SSSR count). The van der Waals surface area contributed by atoms with Crippen molar-refractivity contribution in [2.75, 3.05) is 13.1 Å². The summed E-state index contributed by atoms with van der Waals surface area (Å²) in [5, 5.41) is 3.49. The Balaban J connectivity index is 2.04. The lowest BCUT2D eigenvalue weighted by Gasteiger charge is -2.26. The molecule has 2 unspecified atom stereocenters. The van der Waals surface area contributed by atoms with Gasteiger partial charge in [0.05, 0.1) is 6.33 Å². The molecule has 1 aliphatic heterocycles. The van der Waals surface area contributed by atoms with E-state index in [4.69, 9.17) is 0 Å². The average molecular weight is 235 g/mol. The van der Waals surface area contributed by atoms with Gasteiger partial charge in [0.15, 0.2) is 0 Å². The quantitative estimate of drug-likeness (QED) is 0.850. The Morgan fingerprint density at radius 1 is 1.59 bits per heavy atom. The van der Waals surface area contributed by atoms with Crippen molar-refractivity contribution in [2.24, 2.45) is 0 Å². The molecule has 0 aliphatic carbocycles. The van der Waals surface area contributed by atoms with Gasteiger partial charge in [-0.15, -0.1) is 0 Å². The third-order valence-corrected chi connectivity index (χ3v) is 3.86. The molecular weight excluding hydrogens is 210 g/mol. The smallest absolute Gasteiger partial charge is 0.0950 e. The Morgan fingerprint density at radius 2 is 2.47 bits per heavy atom. The molecule has 3 heteroatoms. The summed E-state index contributed by atoms with van der Waals surface area (Å²) in [6.07, 6.45) is 10.5. The summed E-state index contributed by atoms with van der Waals surface area (Å²) >= 11 is 0. The second kappa shape index (κ2) is 6.20. The first kappa shape index (κ1) is 12.6. The summed E-state index contributed by atoms with van der Waals surface area (Å²) in [7, 11) is 0. The number of nitrogens with one attached hydrogen (secondary N) is 1. The first-order chi connectivity index (χ1) is 8.33. The molecule has 17 heavy (non-hydrogen) atoms. The molecule has 2 atom stereocenters. The van der Waals surface area contributed by atoms with E-state index >= 15 is 0 Å². The molecule has 1 saturated heterocycles. The van der Waals surface area contributed by atoms with Crippen LogP contribution in [0.5, 0.6) is 0 Å². The summed E-state index contributed by atoms with van der Waals surface area (Å²) < 4.78 is 2.40. The molecule has 3 nitrogen and oxygen atoms in total. The normalized spacial score (nSPS) is 22.6. The highest BCUT2D eigenvalue weighted by atomic mass is 15.1. The van der Waals surface area contributed by atoms with Crippen LogP contribution in [-0.4, -0.2) is 22.6 Å². The van der Waals surface area contributed by atoms with Gasteiger partial charge in [0, 0.05) is 30.4 Å². The minimum Gasteiger partial charge on any atom is -0.332 e. The highest BCUT2D eigenvalue weighted by Crippen LogP contribution is 2.26. The molecule has 0 aromatic carbocycles. The number of unbranched alkanes of at least 4 members (excludes halogenated alkanes) is 1. The largest absolute Gasteiger partial charge is 0.332 e. The molecule has 1 aromatic rings. The zero-order valence-electron chi connectivity index (χ0n) is 11.2. The summed E-state index contributed by atoms with van der Waals surface area (Å²) in [4.78, 5) is 4.36. The van der Waals surface area contributed by atoms with Gasteiger partial charge in [0.2, 0.25) is 0 Å². The van der Waals surface area contributed by atoms with Crippen molar-refractivity contribution in [2.45, 2.75) is 57.9 Å². The maximum atomic E-state index is 4.36. The number of hydrogen-bond acceptors (Lipinski definition) is 2. The van der Waals surface area contributed by atoms with Crippen LogP contribution in [-0.2, 0) is 0 Å². The van der Waals surface area contributed by atoms with Crippen molar-refractivity contribution in [3.8, 4) is 0 Å². The number of imidazole rings is 1. The van der Waals surface area contributed by atoms with E-state index in [1.54, 1.807) is 0 Å². The van der Waals surface area contributed by atoms with E-state index in [1.807, 2.05) is 6.33 Å². The van der Waals surface area contributed by atoms with E-state index in [9.17, 15) is 0 Å². The van der Waals surface area contributed by atoms with Crippen LogP contribution in [0.1, 0.15) is 63.6 Å². The van der Waals surface area contributed by atoms with Crippen molar-refractivity contribution < 1.29 is 0 Å². The van der Waals surface area contributed by atoms with Crippen molar-refractivity contribution in [3.63, 3.8) is 0 Å². The van der Waals surface area contributed by atoms with E-state index in [0.29, 0.717) is 12.0 Å². The second-order valence-electron chi connectivity index (χ2n) is 5.26. The first-order valence-electron chi connectivity index (χ1n) is 7.05. The average Bonchev–Trinajstić information content (AvgIpc) is 2.86. The summed E-state index contributed by atoms with van der Waals surface area (Å²) in [5.74, 6) is 0.662. The molecule has 0 radical (unpaired) electrons. The maximum absolute atomic E-state index is 4.36. The van der Waals surface area contributed by atoms with Gasteiger partial charge in [-0.2, -0.15) is 0 Å². The van der Waals surface area contributed by atoms with Crippen LogP contribution >= 0.6 is 0 Å². The van der Waals surface area contributed by atoms with Crippen molar-refractivity contribution in [3.05, 3.63) is 18.2 Å². The molecule has 0 spiro atoms. The number of nitrogens with zero attached hydrogens (tertiary/aromatic N) is 2. The van der Waals surface area contributed by atoms with E-state index in [0.717, 1.165) is 6.54 Å². The number of rotatable bonds is 5. The molecule has 1 aliphatic rings. The fourth-order valence-corrected chi connectivity index (χ4v) is 2.74. The standard InChI is InChI=1S/C14H25N3/c1-3-4-6-12(2)17-11-16-10-14(17)13-7-5-8-15-9-13/h10-13,15H,3-9H2,1-2H3. The van der Waals surface area contributed by atoms with E-state index in [-0.39, 0.29) is 0 Å². The lowest BCUT2D eigenvalue weighted by atomic mass is 9.96. The lowest BCUT2D eigenvalue weighted by Crippen LogP contribution is -2.29. The van der Waals surface area contributed by atoms with Gasteiger partial charge in [-0.3, -0.25) is 0 Å². The van der Waals surface area contributed by atoms with Crippen molar-refractivity contribution in [1.29, 1.82) is 0 Å². The Hall–Kier alpha value is -0.830. The van der Waals surface area contributed by atoms with Gasteiger partial charge in [-0.25, -0.2) is 4.98 Å². The van der Waals surface area contributed by atoms with Gasteiger partial charge in [-0.1, -0.05) is 19.8 Å². The van der Waals surface area contributed by atoms with Crippen LogP contribution in [0.3, 0.4) is 0 Å². The van der Waals surface area contributed by atoms with Crippen molar-refractivity contribution >= 4 is 0 Å². The maximum Gasteiger partial charge on any atom is 0.0950 e. The van der Waals surface area contributed by atoms with Crippen LogP contribution in [0.25, 0.3) is 0 Å². The molecular formula is C14H25N3. The lowest BCUT2D eigenvalue weighted by molar-refractivity contribution is 0.411. The second-order valence-corrected chi connectivity index (χ2v) is 5.26. The molecule has 0 bridgehead atoms. The van der Waals surface area contributed by atoms with Crippen LogP contribution in [0.4, 0.5) is 0 Å². The predicted octanol–water partition coefficient (Wildman–Crippen LogP) is 3.10. The number of hydrogen-bond donors (Lipinski definition) is 1. The minimum absolute atomic E-state index is 0.592. The Labute approximate surface area is 105 Å². The van der Waals surface area contributed by atoms with Crippen molar-refractivity contribution in [1.82, 2.24) is 14.9 Å². The van der Waals surface area contributed by atoms with Gasteiger partial charge in [0.1, 0.15) is 0 Å². The fourth-order valence-electron chi connectivity index (χ4n) is 2.74. The monoisotopic (exact) mass is 235 g/mol. The van der Waals surface area contributed by atoms with Gasteiger partial charge in [-0.05, 0) is 32.7 Å². The molecule has 0 amide bonds. The molecule has 1 aromatic heterocycles. The number of piperidine rings is 1. The van der Waals surface area contributed by atoms with E-state index < -0.39 is 0 Å². The van der Waals surface area contributed by atoms with Crippen LogP contribution < -0.4 is 5.32 Å². The zero-order valence-corrected chi connectivity index (χ0v) is 11.2. The van der Waals surface area contributed by atoms with Crippen LogP contribution in [0.15, 0.2) is 12.5 Å². The Kier molecular flexibility index (Phi) is 4.60. The Bertz CT molecular complexity index is 326. The summed E-state index contributed by atoms with van der Waals surface area (Å²) in [6, 6.07) is 0.592. The molecule has 2 heterocycles. The highest BCUT2D eigenvalue weighted by molar-refractivity contribution is 5.09. The highest BCUT2D eigenvalue weighted by Gasteiger charge is 2.20. The molecule has 0 saturated carbocycles. The fraction of sp³-hybridized carbons (Fsp3) is 0.786. The predicted molar refractivity (Wildman–Crippen MR) is 71.3 cm³/mol. The van der Waals surface area contributed by atoms with E-state index in [1.165, 1.54) is 44.3 Å². The number of aromatic nitrogens is 2. The van der Waals surface area contributed by atoms with Crippen LogP contribution in [0.2, 0.25) is 0 Å². The molecule has 96 valence electrons. The third kappa shape index (κ3) is 3.09. The molecule has 1 N–H and O–H groups in total. The van der Waals surface area contributed by atoms with Crippen LogP contribution in [0, 0.1) is 0 Å². The first-order valence-corrected chi connectivity index (χ1v) is 7.05.